The summed E-state index contributed by atoms with van der Waals surface area (Å²) < 4.78 is 13.7. The van der Waals surface area contributed by atoms with Crippen LogP contribution in [0.1, 0.15) is 22.8 Å². The Labute approximate surface area is 125 Å². The molecule has 2 aromatic rings. The molecule has 4 heteroatoms. The minimum Gasteiger partial charge on any atom is -0.388 e. The summed E-state index contributed by atoms with van der Waals surface area (Å²) in [6.07, 6.45) is -0.334. The van der Waals surface area contributed by atoms with Gasteiger partial charge in [0, 0.05) is 15.9 Å². The maximum atomic E-state index is 13.0. The monoisotopic (exact) mass is 342 g/mol. The molecule has 0 fully saturated rings. The Morgan fingerprint density at radius 3 is 2.63 bits per heavy atom. The fourth-order valence-electron chi connectivity index (χ4n) is 1.91. The number of aliphatic hydroxyl groups is 1. The molecule has 2 aromatic carbocycles. The van der Waals surface area contributed by atoms with Crippen molar-refractivity contribution < 1.29 is 9.50 Å². The SMILES string of the molecule is Cc1ccc(C(O)Cc2ccc(F)cc2Br)c(Cl)c1. The Bertz CT molecular complexity index is 601. The Morgan fingerprint density at radius 1 is 1.26 bits per heavy atom. The van der Waals surface area contributed by atoms with E-state index in [1.54, 1.807) is 6.07 Å². The lowest BCUT2D eigenvalue weighted by Gasteiger charge is -2.14. The second-order valence-corrected chi connectivity index (χ2v) is 5.74. The molecule has 0 bridgehead atoms. The van der Waals surface area contributed by atoms with Crippen LogP contribution in [0.5, 0.6) is 0 Å². The molecule has 0 heterocycles. The molecule has 1 unspecified atom stereocenters. The van der Waals surface area contributed by atoms with Crippen molar-refractivity contribution in [3.05, 3.63) is 68.4 Å². The minimum absolute atomic E-state index is 0.307. The standard InChI is InChI=1S/C15H13BrClFO/c1-9-2-5-12(14(17)6-9)15(19)7-10-3-4-11(18)8-13(10)16/h2-6,8,15,19H,7H2,1H3. The highest BCUT2D eigenvalue weighted by molar-refractivity contribution is 9.10. The molecule has 1 nitrogen and oxygen atoms in total. The van der Waals surface area contributed by atoms with Crippen molar-refractivity contribution >= 4 is 27.5 Å². The molecule has 0 saturated carbocycles. The van der Waals surface area contributed by atoms with E-state index in [0.717, 1.165) is 11.1 Å². The van der Waals surface area contributed by atoms with Crippen molar-refractivity contribution in [3.8, 4) is 0 Å². The zero-order chi connectivity index (χ0) is 14.0. The number of halogens is 3. The first-order valence-corrected chi connectivity index (χ1v) is 7.02. The van der Waals surface area contributed by atoms with Gasteiger partial charge < -0.3 is 5.11 Å². The number of hydrogen-bond acceptors (Lipinski definition) is 1. The zero-order valence-corrected chi connectivity index (χ0v) is 12.7. The molecule has 2 rings (SSSR count). The van der Waals surface area contributed by atoms with Gasteiger partial charge in [0.1, 0.15) is 5.82 Å². The van der Waals surface area contributed by atoms with E-state index >= 15 is 0 Å². The predicted molar refractivity (Wildman–Crippen MR) is 79.0 cm³/mol. The number of aryl methyl sites for hydroxylation is 1. The summed E-state index contributed by atoms with van der Waals surface area (Å²) in [6, 6.07) is 9.97. The van der Waals surface area contributed by atoms with Crippen LogP contribution in [0.4, 0.5) is 4.39 Å². The number of rotatable bonds is 3. The number of aliphatic hydroxyl groups excluding tert-OH is 1. The van der Waals surface area contributed by atoms with Gasteiger partial charge in [-0.05, 0) is 41.8 Å². The molecule has 19 heavy (non-hydrogen) atoms. The summed E-state index contributed by atoms with van der Waals surface area (Å²) in [7, 11) is 0. The van der Waals surface area contributed by atoms with Gasteiger partial charge in [0.25, 0.3) is 0 Å². The molecule has 1 atom stereocenters. The van der Waals surface area contributed by atoms with Crippen molar-refractivity contribution in [2.75, 3.05) is 0 Å². The fraction of sp³-hybridized carbons (Fsp3) is 0.200. The van der Waals surface area contributed by atoms with E-state index < -0.39 is 6.10 Å². The van der Waals surface area contributed by atoms with Gasteiger partial charge in [-0.1, -0.05) is 45.7 Å². The first kappa shape index (κ1) is 14.5. The third kappa shape index (κ3) is 3.56. The molecule has 0 radical (unpaired) electrons. The Kier molecular flexibility index (Phi) is 4.61. The molecule has 100 valence electrons. The highest BCUT2D eigenvalue weighted by atomic mass is 79.9. The Morgan fingerprint density at radius 2 is 2.00 bits per heavy atom. The Hall–Kier alpha value is -0.900. The molecule has 0 aromatic heterocycles. The molecule has 0 saturated heterocycles. The van der Waals surface area contributed by atoms with Crippen LogP contribution in [0.15, 0.2) is 40.9 Å². The smallest absolute Gasteiger partial charge is 0.124 e. The van der Waals surface area contributed by atoms with Gasteiger partial charge in [-0.3, -0.25) is 0 Å². The highest BCUT2D eigenvalue weighted by Crippen LogP contribution is 2.29. The summed E-state index contributed by atoms with van der Waals surface area (Å²) in [6.45, 7) is 1.94. The van der Waals surface area contributed by atoms with Crippen LogP contribution in [0.25, 0.3) is 0 Å². The first-order valence-electron chi connectivity index (χ1n) is 5.85. The largest absolute Gasteiger partial charge is 0.388 e. The lowest BCUT2D eigenvalue weighted by molar-refractivity contribution is 0.178. The van der Waals surface area contributed by atoms with Crippen LogP contribution in [0.3, 0.4) is 0 Å². The second-order valence-electron chi connectivity index (χ2n) is 4.48. The zero-order valence-electron chi connectivity index (χ0n) is 10.3. The van der Waals surface area contributed by atoms with Gasteiger partial charge in [-0.2, -0.15) is 0 Å². The van der Waals surface area contributed by atoms with E-state index in [4.69, 9.17) is 11.6 Å². The molecule has 0 aliphatic heterocycles. The van der Waals surface area contributed by atoms with Gasteiger partial charge in [-0.25, -0.2) is 4.39 Å². The molecule has 0 amide bonds. The normalized spacial score (nSPS) is 12.5. The number of benzene rings is 2. The molecular formula is C15H13BrClFO. The lowest BCUT2D eigenvalue weighted by Crippen LogP contribution is -2.03. The minimum atomic E-state index is -0.713. The van der Waals surface area contributed by atoms with Crippen molar-refractivity contribution in [2.45, 2.75) is 19.4 Å². The first-order chi connectivity index (χ1) is 8.97. The quantitative estimate of drug-likeness (QED) is 0.846. The van der Waals surface area contributed by atoms with Crippen molar-refractivity contribution in [1.82, 2.24) is 0 Å². The van der Waals surface area contributed by atoms with Crippen LogP contribution in [0.2, 0.25) is 5.02 Å². The summed E-state index contributed by atoms with van der Waals surface area (Å²) >= 11 is 9.42. The Balaban J connectivity index is 2.23. The van der Waals surface area contributed by atoms with Gasteiger partial charge in [0.2, 0.25) is 0 Å². The molecular weight excluding hydrogens is 331 g/mol. The molecule has 1 N–H and O–H groups in total. The van der Waals surface area contributed by atoms with E-state index in [9.17, 15) is 9.50 Å². The maximum Gasteiger partial charge on any atom is 0.124 e. The molecule has 0 aliphatic carbocycles. The van der Waals surface area contributed by atoms with Crippen LogP contribution in [-0.2, 0) is 6.42 Å². The van der Waals surface area contributed by atoms with E-state index in [2.05, 4.69) is 15.9 Å². The third-order valence-corrected chi connectivity index (χ3v) is 4.01. The van der Waals surface area contributed by atoms with E-state index in [1.807, 2.05) is 25.1 Å². The van der Waals surface area contributed by atoms with Gasteiger partial charge >= 0.3 is 0 Å². The van der Waals surface area contributed by atoms with Crippen molar-refractivity contribution in [2.24, 2.45) is 0 Å². The third-order valence-electron chi connectivity index (χ3n) is 2.94. The average molecular weight is 344 g/mol. The summed E-state index contributed by atoms with van der Waals surface area (Å²) in [4.78, 5) is 0. The maximum absolute atomic E-state index is 13.0. The van der Waals surface area contributed by atoms with E-state index in [1.165, 1.54) is 12.1 Å². The molecule has 0 aliphatic rings. The van der Waals surface area contributed by atoms with E-state index in [0.29, 0.717) is 21.5 Å². The topological polar surface area (TPSA) is 20.2 Å². The van der Waals surface area contributed by atoms with Gasteiger partial charge in [0.15, 0.2) is 0 Å². The van der Waals surface area contributed by atoms with E-state index in [-0.39, 0.29) is 5.82 Å². The van der Waals surface area contributed by atoms with Gasteiger partial charge in [0.05, 0.1) is 6.10 Å². The summed E-state index contributed by atoms with van der Waals surface area (Å²) in [5, 5.41) is 10.8. The summed E-state index contributed by atoms with van der Waals surface area (Å²) in [5.74, 6) is -0.307. The highest BCUT2D eigenvalue weighted by Gasteiger charge is 2.14. The lowest BCUT2D eigenvalue weighted by atomic mass is 10.0. The second kappa shape index (κ2) is 6.04. The van der Waals surface area contributed by atoms with Crippen LogP contribution in [-0.4, -0.2) is 5.11 Å². The summed E-state index contributed by atoms with van der Waals surface area (Å²) in [5.41, 5.74) is 2.57. The fourth-order valence-corrected chi connectivity index (χ4v) is 2.78. The van der Waals surface area contributed by atoms with Crippen LogP contribution in [0, 0.1) is 12.7 Å². The van der Waals surface area contributed by atoms with Gasteiger partial charge in [-0.15, -0.1) is 0 Å². The molecule has 0 spiro atoms. The van der Waals surface area contributed by atoms with Crippen molar-refractivity contribution in [1.29, 1.82) is 0 Å². The number of hydrogen-bond donors (Lipinski definition) is 1. The predicted octanol–water partition coefficient (Wildman–Crippen LogP) is 4.83. The van der Waals surface area contributed by atoms with Crippen LogP contribution >= 0.6 is 27.5 Å². The van der Waals surface area contributed by atoms with Crippen LogP contribution < -0.4 is 0 Å². The van der Waals surface area contributed by atoms with Crippen molar-refractivity contribution in [3.63, 3.8) is 0 Å². The average Bonchev–Trinajstić information content (AvgIpc) is 2.32.